The van der Waals surface area contributed by atoms with Gasteiger partial charge in [-0.2, -0.15) is 5.10 Å². The summed E-state index contributed by atoms with van der Waals surface area (Å²) in [6.45, 7) is 0.0142. The van der Waals surface area contributed by atoms with Gasteiger partial charge in [-0.25, -0.2) is 0 Å². The molecule has 10 heteroatoms. The molecule has 0 atom stereocenters. The van der Waals surface area contributed by atoms with Gasteiger partial charge in [0.05, 0.1) is 16.8 Å². The summed E-state index contributed by atoms with van der Waals surface area (Å²) in [6, 6.07) is 17.1. The van der Waals surface area contributed by atoms with Gasteiger partial charge >= 0.3 is 17.1 Å². The molecule has 34 heavy (non-hydrogen) atoms. The second kappa shape index (κ2) is 9.03. The summed E-state index contributed by atoms with van der Waals surface area (Å²) in [7, 11) is 0. The van der Waals surface area contributed by atoms with E-state index in [1.54, 1.807) is 12.1 Å². The summed E-state index contributed by atoms with van der Waals surface area (Å²) in [6.07, 6.45) is 0. The Labute approximate surface area is 202 Å². The monoisotopic (exact) mass is 503 g/mol. The molecule has 0 fully saturated rings. The maximum Gasteiger partial charge on any atom is 2.00 e. The SMILES string of the molecule is O=C1c2cccc(NN=c3c(=O)c4ccc([O-])cc4c3=O)c2C(=O)N1OCc1ccccc1.[Cu+2]. The number of imide groups is 1. The standard InChI is InChI=1S/C24H15N3O6.Cu/c28-14-9-10-15-17(11-14)22(30)20(21(15)29)26-25-18-8-4-7-16-19(18)24(32)27(23(16)31)33-12-13-5-2-1-3-6-13;/h1-11,25,28H,12H2;/q;+2/p-1. The Morgan fingerprint density at radius 2 is 1.59 bits per heavy atom. The van der Waals surface area contributed by atoms with Crippen LogP contribution in [0.25, 0.3) is 10.8 Å². The van der Waals surface area contributed by atoms with Gasteiger partial charge in [0.15, 0.2) is 5.36 Å². The third-order valence-electron chi connectivity index (χ3n) is 5.28. The molecule has 1 N–H and O–H groups in total. The first-order chi connectivity index (χ1) is 16.0. The summed E-state index contributed by atoms with van der Waals surface area (Å²) in [5, 5.41) is 15.8. The van der Waals surface area contributed by atoms with E-state index in [0.717, 1.165) is 11.6 Å². The van der Waals surface area contributed by atoms with Gasteiger partial charge in [0.25, 0.3) is 11.8 Å². The molecule has 0 saturated heterocycles. The quantitative estimate of drug-likeness (QED) is 0.246. The minimum Gasteiger partial charge on any atom is -0.872 e. The topological polar surface area (TPSA) is 128 Å². The summed E-state index contributed by atoms with van der Waals surface area (Å²) >= 11 is 0. The fraction of sp³-hybridized carbons (Fsp3) is 0.0417. The van der Waals surface area contributed by atoms with Crippen molar-refractivity contribution in [2.24, 2.45) is 5.10 Å². The van der Waals surface area contributed by atoms with Crippen molar-refractivity contribution in [3.8, 4) is 5.75 Å². The molecule has 0 aromatic heterocycles. The van der Waals surface area contributed by atoms with E-state index in [4.69, 9.17) is 4.84 Å². The number of nitrogens with one attached hydrogen (secondary N) is 1. The van der Waals surface area contributed by atoms with Crippen molar-refractivity contribution in [1.82, 2.24) is 5.06 Å². The molecule has 0 spiro atoms. The van der Waals surface area contributed by atoms with Crippen LogP contribution in [-0.4, -0.2) is 16.9 Å². The van der Waals surface area contributed by atoms with E-state index in [1.807, 2.05) is 18.2 Å². The first-order valence-corrected chi connectivity index (χ1v) is 9.88. The Morgan fingerprint density at radius 1 is 0.853 bits per heavy atom. The number of carbonyl (C=O) groups is 2. The molecule has 0 saturated carbocycles. The van der Waals surface area contributed by atoms with Gasteiger partial charge in [0.1, 0.15) is 6.61 Å². The maximum atomic E-state index is 12.9. The first kappa shape index (κ1) is 23.1. The van der Waals surface area contributed by atoms with Gasteiger partial charge in [-0.1, -0.05) is 54.6 Å². The van der Waals surface area contributed by atoms with Gasteiger partial charge in [0, 0.05) is 10.8 Å². The van der Waals surface area contributed by atoms with Crippen LogP contribution < -0.4 is 26.7 Å². The summed E-state index contributed by atoms with van der Waals surface area (Å²) in [5.41, 5.74) is 2.25. The molecule has 0 bridgehead atoms. The number of amides is 2. The Hall–Kier alpha value is -4.11. The average molecular weight is 504 g/mol. The number of fused-ring (bicyclic) bond motifs is 2. The third kappa shape index (κ3) is 3.80. The number of hydrogen-bond donors (Lipinski definition) is 1. The summed E-state index contributed by atoms with van der Waals surface area (Å²) in [5.74, 6) is -1.73. The number of hydroxylamine groups is 2. The van der Waals surface area contributed by atoms with Crippen molar-refractivity contribution in [2.75, 3.05) is 5.43 Å². The van der Waals surface area contributed by atoms with Gasteiger partial charge in [-0.15, -0.1) is 10.8 Å². The molecule has 1 aliphatic rings. The fourth-order valence-corrected chi connectivity index (χ4v) is 3.67. The Morgan fingerprint density at radius 3 is 2.35 bits per heavy atom. The van der Waals surface area contributed by atoms with E-state index in [1.165, 1.54) is 30.3 Å². The smallest absolute Gasteiger partial charge is 0.872 e. The number of nitrogens with zero attached hydrogens (tertiary/aromatic N) is 2. The van der Waals surface area contributed by atoms with Gasteiger partial charge in [-0.05, 0) is 17.7 Å². The van der Waals surface area contributed by atoms with Gasteiger partial charge in [-0.3, -0.25) is 29.4 Å². The van der Waals surface area contributed by atoms with Crippen LogP contribution in [0.15, 0.2) is 81.4 Å². The van der Waals surface area contributed by atoms with Gasteiger partial charge in [0.2, 0.25) is 10.9 Å². The molecule has 4 aromatic rings. The van der Waals surface area contributed by atoms with Crippen molar-refractivity contribution in [2.45, 2.75) is 6.61 Å². The largest absolute Gasteiger partial charge is 2.00 e. The van der Waals surface area contributed by atoms with Crippen molar-refractivity contribution in [3.63, 3.8) is 0 Å². The minimum atomic E-state index is -0.697. The second-order valence-electron chi connectivity index (χ2n) is 7.33. The van der Waals surface area contributed by atoms with Crippen molar-refractivity contribution in [1.29, 1.82) is 0 Å². The van der Waals surface area contributed by atoms with Crippen LogP contribution in [-0.2, 0) is 28.5 Å². The predicted octanol–water partition coefficient (Wildman–Crippen LogP) is 1.16. The molecular formula is C24H14CuN3O6+. The Balaban J connectivity index is 0.00000274. The van der Waals surface area contributed by atoms with Crippen molar-refractivity contribution >= 4 is 28.3 Å². The normalized spacial score (nSPS) is 13.3. The van der Waals surface area contributed by atoms with Crippen molar-refractivity contribution in [3.05, 3.63) is 109 Å². The van der Waals surface area contributed by atoms with Crippen LogP contribution in [0.1, 0.15) is 26.3 Å². The number of anilines is 1. The minimum absolute atomic E-state index is 0. The molecule has 5 rings (SSSR count). The zero-order chi connectivity index (χ0) is 23.1. The van der Waals surface area contributed by atoms with Crippen LogP contribution >= 0.6 is 0 Å². The average Bonchev–Trinajstić information content (AvgIpc) is 3.21. The predicted molar refractivity (Wildman–Crippen MR) is 116 cm³/mol. The molecule has 9 nitrogen and oxygen atoms in total. The van der Waals surface area contributed by atoms with E-state index in [0.29, 0.717) is 5.06 Å². The maximum absolute atomic E-state index is 12.9. The van der Waals surface area contributed by atoms with Crippen LogP contribution in [0.4, 0.5) is 5.69 Å². The number of carbonyl (C=O) groups excluding carboxylic acids is 2. The number of benzene rings is 3. The Kier molecular flexibility index (Phi) is 6.12. The van der Waals surface area contributed by atoms with E-state index >= 15 is 0 Å². The summed E-state index contributed by atoms with van der Waals surface area (Å²) < 4.78 is 0. The van der Waals surface area contributed by atoms with Gasteiger partial charge < -0.3 is 5.11 Å². The van der Waals surface area contributed by atoms with Crippen LogP contribution in [0.2, 0.25) is 0 Å². The molecule has 2 amide bonds. The number of hydrogen-bond acceptors (Lipinski definition) is 8. The molecule has 4 aromatic carbocycles. The molecular weight excluding hydrogens is 490 g/mol. The third-order valence-corrected chi connectivity index (χ3v) is 5.28. The Bertz CT molecular complexity index is 1590. The molecule has 171 valence electrons. The van der Waals surface area contributed by atoms with E-state index < -0.39 is 33.8 Å². The van der Waals surface area contributed by atoms with Crippen molar-refractivity contribution < 1.29 is 36.6 Å². The second-order valence-corrected chi connectivity index (χ2v) is 7.33. The molecule has 1 heterocycles. The molecule has 1 aliphatic heterocycles. The van der Waals surface area contributed by atoms with E-state index in [9.17, 15) is 24.3 Å². The van der Waals surface area contributed by atoms with Crippen LogP contribution in [0, 0.1) is 0 Å². The molecule has 0 aliphatic carbocycles. The molecule has 0 unspecified atom stereocenters. The van der Waals surface area contributed by atoms with E-state index in [-0.39, 0.29) is 51.3 Å². The zero-order valence-electron chi connectivity index (χ0n) is 17.2. The zero-order valence-corrected chi connectivity index (χ0v) is 18.1. The molecule has 1 radical (unpaired) electrons. The van der Waals surface area contributed by atoms with E-state index in [2.05, 4.69) is 10.5 Å². The van der Waals surface area contributed by atoms with Crippen LogP contribution in [0.5, 0.6) is 5.75 Å². The van der Waals surface area contributed by atoms with Crippen LogP contribution in [0.3, 0.4) is 0 Å². The fourth-order valence-electron chi connectivity index (χ4n) is 3.67. The number of rotatable bonds is 5. The first-order valence-electron chi connectivity index (χ1n) is 9.88. The summed E-state index contributed by atoms with van der Waals surface area (Å²) in [4.78, 5) is 56.1.